The second kappa shape index (κ2) is 4.82. The van der Waals surface area contributed by atoms with Gasteiger partial charge in [-0.2, -0.15) is 0 Å². The number of nitrogens with zero attached hydrogens (tertiary/aromatic N) is 2. The Kier molecular flexibility index (Phi) is 4.29. The van der Waals surface area contributed by atoms with E-state index in [1.54, 1.807) is 0 Å². The van der Waals surface area contributed by atoms with Gasteiger partial charge in [0.1, 0.15) is 0 Å². The fourth-order valence-electron chi connectivity index (χ4n) is 1.52. The van der Waals surface area contributed by atoms with Gasteiger partial charge in [0.05, 0.1) is 0 Å². The van der Waals surface area contributed by atoms with Gasteiger partial charge in [-0.3, -0.25) is 20.1 Å². The van der Waals surface area contributed by atoms with Crippen molar-refractivity contribution in [2.45, 2.75) is 0 Å². The Bertz CT molecular complexity index is 126. The van der Waals surface area contributed by atoms with E-state index in [-0.39, 0.29) is 0 Å². The Balaban J connectivity index is 0.000000149. The summed E-state index contributed by atoms with van der Waals surface area (Å²) in [4.78, 5) is 5.08. The molecular formula is C6H13IN2O4. The summed E-state index contributed by atoms with van der Waals surface area (Å²) in [5, 5.41) is 0. The van der Waals surface area contributed by atoms with Gasteiger partial charge in [0, 0.05) is 42.7 Å². The van der Waals surface area contributed by atoms with Crippen LogP contribution in [-0.2, 0) is 0 Å². The van der Waals surface area contributed by atoms with Crippen LogP contribution in [0.3, 0.4) is 0 Å². The smallest absolute Gasteiger partial charge is 0.300 e. The Labute approximate surface area is 83.1 Å². The van der Waals surface area contributed by atoms with Crippen LogP contribution in [0.25, 0.3) is 0 Å². The number of hydrogen-bond acceptors (Lipinski definition) is 6. The standard InChI is InChI=1S/C6H12N2.HIO4/c1-2-8-5-3-7(1)4-6-8;2-1(3,4)5/h1-6H2;2H. The van der Waals surface area contributed by atoms with E-state index >= 15 is 0 Å². The van der Waals surface area contributed by atoms with Crippen molar-refractivity contribution in [3.05, 3.63) is 0 Å². The van der Waals surface area contributed by atoms with Gasteiger partial charge in [-0.15, -0.1) is 0 Å². The molecule has 0 aliphatic carbocycles. The first-order chi connectivity index (χ1) is 5.95. The van der Waals surface area contributed by atoms with E-state index in [2.05, 4.69) is 9.80 Å². The molecule has 2 bridgehead atoms. The minimum absolute atomic E-state index is 1.32. The second-order valence-corrected chi connectivity index (χ2v) is 5.34. The molecule has 13 heavy (non-hydrogen) atoms. The van der Waals surface area contributed by atoms with Crippen molar-refractivity contribution in [2.24, 2.45) is 0 Å². The number of piperazine rings is 3. The second-order valence-electron chi connectivity index (χ2n) is 3.08. The Hall–Kier alpha value is 0.490. The summed E-state index contributed by atoms with van der Waals surface area (Å²) < 4.78 is 33.2. The highest BCUT2D eigenvalue weighted by Gasteiger charge is 2.21. The first-order valence-electron chi connectivity index (χ1n) is 4.03. The number of rotatable bonds is 0. The van der Waals surface area contributed by atoms with Crippen molar-refractivity contribution in [1.82, 2.24) is 9.80 Å². The summed E-state index contributed by atoms with van der Waals surface area (Å²) in [6.07, 6.45) is 0. The molecule has 0 saturated carbocycles. The maximum absolute atomic E-state index is 8.73. The van der Waals surface area contributed by atoms with E-state index < -0.39 is 20.1 Å². The molecule has 0 aromatic carbocycles. The van der Waals surface area contributed by atoms with Crippen molar-refractivity contribution in [1.29, 1.82) is 0 Å². The van der Waals surface area contributed by atoms with Crippen LogP contribution < -0.4 is 30.4 Å². The fraction of sp³-hybridized carbons (Fsp3) is 1.00. The van der Waals surface area contributed by atoms with Crippen molar-refractivity contribution in [2.75, 3.05) is 39.3 Å². The lowest BCUT2D eigenvalue weighted by Crippen LogP contribution is -4.23. The zero-order valence-electron chi connectivity index (χ0n) is 7.19. The summed E-state index contributed by atoms with van der Waals surface area (Å²) in [7, 11) is 0. The molecule has 3 saturated heterocycles. The predicted octanol–water partition coefficient (Wildman–Crippen LogP) is -7.50. The van der Waals surface area contributed by atoms with Crippen LogP contribution in [0.5, 0.6) is 0 Å². The SMILES string of the molecule is C1CN2CCN1CC2.[O-][I+3]([O-])([O-])O. The molecule has 0 amide bonds. The summed E-state index contributed by atoms with van der Waals surface area (Å²) in [5.74, 6) is 0. The highest BCUT2D eigenvalue weighted by atomic mass is 127. The first kappa shape index (κ1) is 11.6. The van der Waals surface area contributed by atoms with Crippen molar-refractivity contribution >= 4 is 0 Å². The topological polar surface area (TPSA) is 95.9 Å². The third kappa shape index (κ3) is 5.73. The largest absolute Gasteiger partial charge is 0.368 e. The van der Waals surface area contributed by atoms with E-state index in [0.29, 0.717) is 0 Å². The molecule has 0 radical (unpaired) electrons. The van der Waals surface area contributed by atoms with Crippen LogP contribution in [-0.4, -0.2) is 52.5 Å². The van der Waals surface area contributed by atoms with Gasteiger partial charge in [0.25, 0.3) is 0 Å². The number of fused-ring (bicyclic) bond motifs is 3. The van der Waals surface area contributed by atoms with Gasteiger partial charge in [-0.1, -0.05) is 0 Å². The van der Waals surface area contributed by atoms with Crippen molar-refractivity contribution in [3.8, 4) is 0 Å². The Morgan fingerprint density at radius 3 is 1.00 bits per heavy atom. The van der Waals surface area contributed by atoms with Gasteiger partial charge in [0.15, 0.2) is 0 Å². The predicted molar refractivity (Wildman–Crippen MR) is 35.1 cm³/mol. The quantitative estimate of drug-likeness (QED) is 0.447. The molecule has 0 aromatic rings. The maximum Gasteiger partial charge on any atom is 0.368 e. The van der Waals surface area contributed by atoms with Crippen LogP contribution in [0, 0.1) is 0 Å². The maximum atomic E-state index is 8.73. The zero-order valence-corrected chi connectivity index (χ0v) is 9.34. The molecule has 7 heteroatoms. The van der Waals surface area contributed by atoms with Crippen molar-refractivity contribution < 1.29 is 33.8 Å². The van der Waals surface area contributed by atoms with Crippen LogP contribution >= 0.6 is 0 Å². The van der Waals surface area contributed by atoms with E-state index in [4.69, 9.17) is 13.7 Å². The van der Waals surface area contributed by atoms with E-state index in [1.165, 1.54) is 39.3 Å². The van der Waals surface area contributed by atoms with E-state index in [0.717, 1.165) is 0 Å². The van der Waals surface area contributed by atoms with Crippen LogP contribution in [0.1, 0.15) is 0 Å². The van der Waals surface area contributed by atoms with Gasteiger partial charge < -0.3 is 0 Å². The van der Waals surface area contributed by atoms with Crippen molar-refractivity contribution in [3.63, 3.8) is 0 Å². The van der Waals surface area contributed by atoms with E-state index in [1.807, 2.05) is 0 Å². The third-order valence-corrected chi connectivity index (χ3v) is 2.20. The third-order valence-electron chi connectivity index (χ3n) is 2.20. The lowest BCUT2D eigenvalue weighted by atomic mass is 10.2. The molecule has 3 rings (SSSR count). The van der Waals surface area contributed by atoms with Gasteiger partial charge in [-0.05, 0) is 0 Å². The fourth-order valence-corrected chi connectivity index (χ4v) is 1.52. The summed E-state index contributed by atoms with van der Waals surface area (Å²) in [5.41, 5.74) is 0. The summed E-state index contributed by atoms with van der Waals surface area (Å²) in [6, 6.07) is 0. The molecule has 0 aromatic heterocycles. The molecule has 0 atom stereocenters. The lowest BCUT2D eigenvalue weighted by Gasteiger charge is -2.41. The Morgan fingerprint density at radius 2 is 0.923 bits per heavy atom. The number of hydrogen-bond donors (Lipinski definition) is 1. The van der Waals surface area contributed by atoms with Crippen LogP contribution in [0.15, 0.2) is 0 Å². The lowest BCUT2D eigenvalue weighted by molar-refractivity contribution is -1.92. The highest BCUT2D eigenvalue weighted by Crippen LogP contribution is 2.06. The Morgan fingerprint density at radius 1 is 0.769 bits per heavy atom. The van der Waals surface area contributed by atoms with Crippen LogP contribution in [0.2, 0.25) is 0 Å². The number of halogens is 1. The molecule has 6 nitrogen and oxygen atoms in total. The average Bonchev–Trinajstić information content (AvgIpc) is 2.05. The summed E-state index contributed by atoms with van der Waals surface area (Å²) >= 11 is -5.69. The zero-order chi connectivity index (χ0) is 9.90. The molecule has 0 spiro atoms. The molecular weight excluding hydrogens is 291 g/mol. The highest BCUT2D eigenvalue weighted by molar-refractivity contribution is 4.78. The molecule has 3 fully saturated rings. The normalized spacial score (nSPS) is 32.3. The molecule has 3 aliphatic rings. The minimum Gasteiger partial charge on any atom is -0.300 e. The molecule has 78 valence electrons. The molecule has 1 N–H and O–H groups in total. The van der Waals surface area contributed by atoms with Gasteiger partial charge in [-0.25, -0.2) is 0 Å². The molecule has 3 aliphatic heterocycles. The van der Waals surface area contributed by atoms with Crippen LogP contribution in [0.4, 0.5) is 0 Å². The van der Waals surface area contributed by atoms with Gasteiger partial charge in [0.2, 0.25) is 0 Å². The minimum atomic E-state index is -5.69. The monoisotopic (exact) mass is 304 g/mol. The summed E-state index contributed by atoms with van der Waals surface area (Å²) in [6.45, 7) is 7.92. The van der Waals surface area contributed by atoms with Gasteiger partial charge >= 0.3 is 20.1 Å². The molecule has 0 unspecified atom stereocenters. The first-order valence-corrected chi connectivity index (χ1v) is 7.64. The molecule has 3 heterocycles. The van der Waals surface area contributed by atoms with E-state index in [9.17, 15) is 0 Å². The average molecular weight is 304 g/mol.